The maximum atomic E-state index is 6.10. The molecule has 2 aromatic rings. The van der Waals surface area contributed by atoms with Crippen LogP contribution in [0.4, 0.5) is 0 Å². The van der Waals surface area contributed by atoms with Crippen LogP contribution in [0, 0.1) is 6.92 Å². The lowest BCUT2D eigenvalue weighted by atomic mass is 9.84. The van der Waals surface area contributed by atoms with E-state index in [0.717, 1.165) is 50.5 Å². The fraction of sp³-hybridized carbons (Fsp3) is 0.556. The predicted molar refractivity (Wildman–Crippen MR) is 87.2 cm³/mol. The minimum Gasteiger partial charge on any atom is -0.373 e. The Labute approximate surface area is 141 Å². The number of hydrogen-bond acceptors (Lipinski definition) is 6. The summed E-state index contributed by atoms with van der Waals surface area (Å²) in [5.41, 5.74) is 2.12. The first kappa shape index (κ1) is 15.7. The van der Waals surface area contributed by atoms with Gasteiger partial charge in [-0.25, -0.2) is 0 Å². The Hall–Kier alpha value is -1.76. The lowest BCUT2D eigenvalue weighted by molar-refractivity contribution is -0.200. The summed E-state index contributed by atoms with van der Waals surface area (Å²) in [4.78, 5) is 6.39. The van der Waals surface area contributed by atoms with Gasteiger partial charge < -0.3 is 14.0 Å². The van der Waals surface area contributed by atoms with E-state index in [4.69, 9.17) is 14.0 Å². The molecule has 0 amide bonds. The maximum Gasteiger partial charge on any atom is 0.133 e. The van der Waals surface area contributed by atoms with Gasteiger partial charge in [0.2, 0.25) is 0 Å². The second kappa shape index (κ2) is 6.63. The Morgan fingerprint density at radius 3 is 2.92 bits per heavy atom. The van der Waals surface area contributed by atoms with E-state index < -0.39 is 0 Å². The van der Waals surface area contributed by atoms with Crippen LogP contribution in [-0.2, 0) is 22.6 Å². The molecule has 0 N–H and O–H groups in total. The lowest BCUT2D eigenvalue weighted by Crippen LogP contribution is -2.65. The first-order valence-electron chi connectivity index (χ1n) is 8.50. The summed E-state index contributed by atoms with van der Waals surface area (Å²) < 4.78 is 17.3. The van der Waals surface area contributed by atoms with Crippen LogP contribution in [0.25, 0.3) is 0 Å². The van der Waals surface area contributed by atoms with Gasteiger partial charge in [0.1, 0.15) is 5.76 Å². The minimum atomic E-state index is -0.0417. The molecule has 2 saturated heterocycles. The van der Waals surface area contributed by atoms with E-state index in [1.54, 1.807) is 12.4 Å². The Kier molecular flexibility index (Phi) is 4.35. The van der Waals surface area contributed by atoms with E-state index in [1.807, 2.05) is 25.1 Å². The van der Waals surface area contributed by atoms with Crippen LogP contribution < -0.4 is 0 Å². The molecule has 4 rings (SSSR count). The zero-order chi connectivity index (χ0) is 16.4. The molecule has 24 heavy (non-hydrogen) atoms. The summed E-state index contributed by atoms with van der Waals surface area (Å²) in [6, 6.07) is 5.99. The molecule has 0 bridgehead atoms. The fourth-order valence-electron chi connectivity index (χ4n) is 3.64. The topological polar surface area (TPSA) is 60.6 Å². The summed E-state index contributed by atoms with van der Waals surface area (Å²) >= 11 is 0. The third kappa shape index (κ3) is 3.50. The van der Waals surface area contributed by atoms with Gasteiger partial charge in [0, 0.05) is 51.1 Å². The third-order valence-corrected chi connectivity index (χ3v) is 4.77. The molecular formula is C18H23N3O3. The van der Waals surface area contributed by atoms with E-state index in [-0.39, 0.29) is 11.7 Å². The average molecular weight is 329 g/mol. The minimum absolute atomic E-state index is 0.0417. The highest BCUT2D eigenvalue weighted by Gasteiger charge is 2.47. The van der Waals surface area contributed by atoms with E-state index >= 15 is 0 Å². The summed E-state index contributed by atoms with van der Waals surface area (Å²) in [6.45, 7) is 6.04. The van der Waals surface area contributed by atoms with Gasteiger partial charge in [-0.15, -0.1) is 0 Å². The zero-order valence-corrected chi connectivity index (χ0v) is 14.0. The van der Waals surface area contributed by atoms with Crippen LogP contribution >= 0.6 is 0 Å². The predicted octanol–water partition coefficient (Wildman–Crippen LogP) is 2.33. The lowest BCUT2D eigenvalue weighted by Gasteiger charge is -2.53. The molecule has 0 saturated carbocycles. The Bertz CT molecular complexity index is 667. The van der Waals surface area contributed by atoms with Crippen molar-refractivity contribution in [2.45, 2.75) is 44.6 Å². The van der Waals surface area contributed by atoms with Crippen molar-refractivity contribution in [1.29, 1.82) is 0 Å². The van der Waals surface area contributed by atoms with Crippen molar-refractivity contribution in [2.75, 3.05) is 19.7 Å². The van der Waals surface area contributed by atoms with E-state index in [1.165, 1.54) is 5.56 Å². The molecule has 1 atom stereocenters. The molecule has 1 spiro atoms. The molecule has 0 aliphatic carbocycles. The number of hydrogen-bond donors (Lipinski definition) is 0. The Morgan fingerprint density at radius 2 is 2.17 bits per heavy atom. The van der Waals surface area contributed by atoms with Gasteiger partial charge in [-0.3, -0.25) is 9.88 Å². The summed E-state index contributed by atoms with van der Waals surface area (Å²) in [6.07, 6.45) is 5.81. The van der Waals surface area contributed by atoms with Crippen molar-refractivity contribution in [3.8, 4) is 0 Å². The SMILES string of the molecule is Cc1cc(CN2CC3(CC(OCc4ccncc4)CCO3)C2)no1. The normalized spacial score (nSPS) is 23.3. The number of rotatable bonds is 5. The van der Waals surface area contributed by atoms with Gasteiger partial charge in [0.15, 0.2) is 0 Å². The van der Waals surface area contributed by atoms with Crippen LogP contribution in [-0.4, -0.2) is 46.4 Å². The molecule has 1 unspecified atom stereocenters. The Morgan fingerprint density at radius 1 is 1.33 bits per heavy atom. The van der Waals surface area contributed by atoms with Crippen molar-refractivity contribution in [1.82, 2.24) is 15.0 Å². The van der Waals surface area contributed by atoms with E-state index in [9.17, 15) is 0 Å². The number of pyridine rings is 1. The van der Waals surface area contributed by atoms with Crippen LogP contribution in [0.1, 0.15) is 29.9 Å². The van der Waals surface area contributed by atoms with Crippen molar-refractivity contribution in [2.24, 2.45) is 0 Å². The molecule has 4 heterocycles. The third-order valence-electron chi connectivity index (χ3n) is 4.77. The van der Waals surface area contributed by atoms with Gasteiger partial charge >= 0.3 is 0 Å². The number of likely N-dealkylation sites (tertiary alicyclic amines) is 1. The summed E-state index contributed by atoms with van der Waals surface area (Å²) in [5.74, 6) is 0.860. The summed E-state index contributed by atoms with van der Waals surface area (Å²) in [7, 11) is 0. The monoisotopic (exact) mass is 329 g/mol. The van der Waals surface area contributed by atoms with E-state index in [0.29, 0.717) is 6.61 Å². The van der Waals surface area contributed by atoms with Gasteiger partial charge in [-0.2, -0.15) is 0 Å². The van der Waals surface area contributed by atoms with Gasteiger partial charge in [-0.1, -0.05) is 5.16 Å². The zero-order valence-electron chi connectivity index (χ0n) is 14.0. The fourth-order valence-corrected chi connectivity index (χ4v) is 3.64. The number of ether oxygens (including phenoxy) is 2. The smallest absolute Gasteiger partial charge is 0.133 e. The molecule has 128 valence electrons. The van der Waals surface area contributed by atoms with Crippen LogP contribution in [0.2, 0.25) is 0 Å². The number of aromatic nitrogens is 2. The standard InChI is InChI=1S/C18H23N3O3/c1-14-8-16(20-24-14)10-21-12-18(13-21)9-17(4-7-23-18)22-11-15-2-5-19-6-3-15/h2-3,5-6,8,17H,4,7,9-13H2,1H3. The molecule has 6 nitrogen and oxygen atoms in total. The molecule has 2 aromatic heterocycles. The first-order valence-corrected chi connectivity index (χ1v) is 8.50. The van der Waals surface area contributed by atoms with Gasteiger partial charge in [0.25, 0.3) is 0 Å². The quantitative estimate of drug-likeness (QED) is 0.839. The highest BCUT2D eigenvalue weighted by Crippen LogP contribution is 2.36. The van der Waals surface area contributed by atoms with Crippen molar-refractivity contribution >= 4 is 0 Å². The van der Waals surface area contributed by atoms with Crippen molar-refractivity contribution < 1.29 is 14.0 Å². The molecule has 2 aliphatic rings. The Balaban J connectivity index is 1.26. The van der Waals surface area contributed by atoms with Gasteiger partial charge in [0.05, 0.1) is 24.0 Å². The second-order valence-corrected chi connectivity index (χ2v) is 6.89. The second-order valence-electron chi connectivity index (χ2n) is 6.89. The average Bonchev–Trinajstić information content (AvgIpc) is 2.98. The molecule has 6 heteroatoms. The van der Waals surface area contributed by atoms with E-state index in [2.05, 4.69) is 15.0 Å². The molecule has 0 aromatic carbocycles. The maximum absolute atomic E-state index is 6.10. The molecule has 2 fully saturated rings. The highest BCUT2D eigenvalue weighted by molar-refractivity contribution is 5.09. The number of nitrogens with zero attached hydrogens (tertiary/aromatic N) is 3. The number of aryl methyl sites for hydroxylation is 1. The molecule has 2 aliphatic heterocycles. The van der Waals surface area contributed by atoms with Crippen LogP contribution in [0.3, 0.4) is 0 Å². The molecular weight excluding hydrogens is 306 g/mol. The van der Waals surface area contributed by atoms with Crippen molar-refractivity contribution in [3.63, 3.8) is 0 Å². The highest BCUT2D eigenvalue weighted by atomic mass is 16.5. The van der Waals surface area contributed by atoms with Crippen molar-refractivity contribution in [3.05, 3.63) is 47.6 Å². The van der Waals surface area contributed by atoms with Crippen LogP contribution in [0.5, 0.6) is 0 Å². The summed E-state index contributed by atoms with van der Waals surface area (Å²) in [5, 5.41) is 4.06. The van der Waals surface area contributed by atoms with Crippen LogP contribution in [0.15, 0.2) is 35.1 Å². The van der Waals surface area contributed by atoms with Gasteiger partial charge in [-0.05, 0) is 31.0 Å². The first-order chi connectivity index (χ1) is 11.7. The molecule has 0 radical (unpaired) electrons. The largest absolute Gasteiger partial charge is 0.373 e.